The molecule has 0 aliphatic rings. The molecule has 5 heteroatoms. The lowest BCUT2D eigenvalue weighted by molar-refractivity contribution is 0.406. The molecule has 0 spiro atoms. The Balaban J connectivity index is 2.46. The van der Waals surface area contributed by atoms with Crippen molar-refractivity contribution in [3.63, 3.8) is 0 Å². The molecule has 0 saturated heterocycles. The summed E-state index contributed by atoms with van der Waals surface area (Å²) < 4.78 is 19.6. The monoisotopic (exact) mass is 289 g/mol. The van der Waals surface area contributed by atoms with Crippen molar-refractivity contribution in [2.24, 2.45) is 0 Å². The fraction of sp³-hybridized carbons (Fsp3) is 0.375. The van der Waals surface area contributed by atoms with Crippen LogP contribution in [0.1, 0.15) is 31.9 Å². The van der Waals surface area contributed by atoms with Gasteiger partial charge in [-0.1, -0.05) is 32.9 Å². The van der Waals surface area contributed by atoms with Crippen LogP contribution in [0.4, 0.5) is 10.3 Å². The summed E-state index contributed by atoms with van der Waals surface area (Å²) in [7, 11) is 1.67. The number of aryl methyl sites for hydroxylation is 1. The largest absolute Gasteiger partial charge is 0.436 e. The molecule has 0 aliphatic heterocycles. The summed E-state index contributed by atoms with van der Waals surface area (Å²) in [5, 5.41) is 2.77. The van der Waals surface area contributed by atoms with Gasteiger partial charge >= 0.3 is 0 Å². The molecule has 1 aromatic heterocycles. The quantitative estimate of drug-likeness (QED) is 0.925. The van der Waals surface area contributed by atoms with Crippen molar-refractivity contribution >= 4 is 5.95 Å². The highest BCUT2D eigenvalue weighted by Gasteiger charge is 2.21. The molecule has 0 bridgehead atoms. The predicted octanol–water partition coefficient (Wildman–Crippen LogP) is 4.06. The highest BCUT2D eigenvalue weighted by molar-refractivity contribution is 5.43. The summed E-state index contributed by atoms with van der Waals surface area (Å²) >= 11 is 0. The first-order valence-electron chi connectivity index (χ1n) is 6.80. The van der Waals surface area contributed by atoms with E-state index < -0.39 is 5.82 Å². The number of halogens is 1. The minimum Gasteiger partial charge on any atom is -0.436 e. The normalized spacial score (nSPS) is 11.3. The molecule has 0 atom stereocenters. The molecule has 112 valence electrons. The maximum Gasteiger partial charge on any atom is 0.260 e. The molecule has 0 fully saturated rings. The molecule has 0 saturated carbocycles. The minimum absolute atomic E-state index is 0.0783. The van der Waals surface area contributed by atoms with E-state index in [0.717, 1.165) is 17.3 Å². The molecule has 1 aromatic carbocycles. The van der Waals surface area contributed by atoms with Crippen LogP contribution in [0, 0.1) is 12.7 Å². The third-order valence-corrected chi connectivity index (χ3v) is 3.09. The number of hydrogen-bond donors (Lipinski definition) is 1. The van der Waals surface area contributed by atoms with Crippen LogP contribution in [0.25, 0.3) is 0 Å². The van der Waals surface area contributed by atoms with Gasteiger partial charge in [-0.3, -0.25) is 0 Å². The van der Waals surface area contributed by atoms with E-state index in [2.05, 4.69) is 36.1 Å². The van der Waals surface area contributed by atoms with Crippen LogP contribution in [-0.2, 0) is 5.41 Å². The van der Waals surface area contributed by atoms with E-state index in [4.69, 9.17) is 4.74 Å². The highest BCUT2D eigenvalue weighted by atomic mass is 19.1. The standard InChI is InChI=1S/C16H20FN3O/c1-10-6-7-11(16(2,3)4)13(8-10)21-14-12(17)9-19-15(18-5)20-14/h6-9H,1-5H3,(H,18,19,20). The predicted molar refractivity (Wildman–Crippen MR) is 81.5 cm³/mol. The van der Waals surface area contributed by atoms with Crippen LogP contribution >= 0.6 is 0 Å². The van der Waals surface area contributed by atoms with E-state index >= 15 is 0 Å². The molecule has 0 aliphatic carbocycles. The van der Waals surface area contributed by atoms with Gasteiger partial charge in [-0.25, -0.2) is 4.98 Å². The van der Waals surface area contributed by atoms with Gasteiger partial charge in [0.2, 0.25) is 11.8 Å². The maximum atomic E-state index is 13.8. The van der Waals surface area contributed by atoms with Gasteiger partial charge in [-0.2, -0.15) is 9.37 Å². The van der Waals surface area contributed by atoms with Crippen LogP contribution in [0.2, 0.25) is 0 Å². The van der Waals surface area contributed by atoms with E-state index in [9.17, 15) is 4.39 Å². The zero-order chi connectivity index (χ0) is 15.6. The Kier molecular flexibility index (Phi) is 4.11. The highest BCUT2D eigenvalue weighted by Crippen LogP contribution is 2.35. The Bertz CT molecular complexity index is 650. The summed E-state index contributed by atoms with van der Waals surface area (Å²) in [5.41, 5.74) is 1.93. The zero-order valence-corrected chi connectivity index (χ0v) is 13.0. The summed E-state index contributed by atoms with van der Waals surface area (Å²) in [4.78, 5) is 7.83. The van der Waals surface area contributed by atoms with E-state index in [-0.39, 0.29) is 11.3 Å². The smallest absolute Gasteiger partial charge is 0.260 e. The van der Waals surface area contributed by atoms with Gasteiger partial charge in [0.25, 0.3) is 5.88 Å². The van der Waals surface area contributed by atoms with Crippen LogP contribution in [0.15, 0.2) is 24.4 Å². The van der Waals surface area contributed by atoms with Crippen LogP contribution in [-0.4, -0.2) is 17.0 Å². The van der Waals surface area contributed by atoms with Gasteiger partial charge in [0.15, 0.2) is 0 Å². The van der Waals surface area contributed by atoms with E-state index in [1.807, 2.05) is 25.1 Å². The van der Waals surface area contributed by atoms with Gasteiger partial charge in [0.05, 0.1) is 6.20 Å². The third-order valence-electron chi connectivity index (χ3n) is 3.09. The number of hydrogen-bond acceptors (Lipinski definition) is 4. The van der Waals surface area contributed by atoms with Gasteiger partial charge in [-0.15, -0.1) is 0 Å². The van der Waals surface area contributed by atoms with Crippen LogP contribution in [0.5, 0.6) is 11.6 Å². The van der Waals surface area contributed by atoms with E-state index in [0.29, 0.717) is 11.7 Å². The maximum absolute atomic E-state index is 13.8. The fourth-order valence-electron chi connectivity index (χ4n) is 1.98. The zero-order valence-electron chi connectivity index (χ0n) is 13.0. The third kappa shape index (κ3) is 3.48. The van der Waals surface area contributed by atoms with Gasteiger partial charge in [0, 0.05) is 12.6 Å². The summed E-state index contributed by atoms with van der Waals surface area (Å²) in [6.07, 6.45) is 1.10. The Morgan fingerprint density at radius 3 is 2.57 bits per heavy atom. The van der Waals surface area contributed by atoms with Crippen molar-refractivity contribution in [1.82, 2.24) is 9.97 Å². The summed E-state index contributed by atoms with van der Waals surface area (Å²) in [5.74, 6) is 0.263. The second kappa shape index (κ2) is 5.68. The van der Waals surface area contributed by atoms with Crippen molar-refractivity contribution in [1.29, 1.82) is 0 Å². The lowest BCUT2D eigenvalue weighted by Gasteiger charge is -2.23. The summed E-state index contributed by atoms with van der Waals surface area (Å²) in [6.45, 7) is 8.22. The minimum atomic E-state index is -0.588. The summed E-state index contributed by atoms with van der Waals surface area (Å²) in [6, 6.07) is 5.91. The first-order valence-corrected chi connectivity index (χ1v) is 6.80. The molecule has 2 aromatic rings. The number of benzene rings is 1. The molecule has 1 N–H and O–H groups in total. The van der Waals surface area contributed by atoms with Gasteiger partial charge < -0.3 is 10.1 Å². The van der Waals surface area contributed by atoms with Crippen molar-refractivity contribution in [2.45, 2.75) is 33.1 Å². The topological polar surface area (TPSA) is 47.0 Å². The first-order chi connectivity index (χ1) is 9.81. The van der Waals surface area contributed by atoms with Crippen molar-refractivity contribution in [2.75, 3.05) is 12.4 Å². The fourth-order valence-corrected chi connectivity index (χ4v) is 1.98. The average Bonchev–Trinajstić information content (AvgIpc) is 2.40. The second-order valence-corrected chi connectivity index (χ2v) is 5.95. The van der Waals surface area contributed by atoms with Crippen molar-refractivity contribution < 1.29 is 9.13 Å². The second-order valence-electron chi connectivity index (χ2n) is 5.95. The number of rotatable bonds is 3. The van der Waals surface area contributed by atoms with Gasteiger partial charge in [0.1, 0.15) is 5.75 Å². The van der Waals surface area contributed by atoms with E-state index in [1.54, 1.807) is 7.05 Å². The number of ether oxygens (including phenoxy) is 1. The van der Waals surface area contributed by atoms with Gasteiger partial charge in [-0.05, 0) is 24.0 Å². The molecule has 0 unspecified atom stereocenters. The molecule has 0 amide bonds. The molecule has 1 heterocycles. The van der Waals surface area contributed by atoms with Crippen molar-refractivity contribution in [3.8, 4) is 11.6 Å². The number of nitrogens with one attached hydrogen (secondary N) is 1. The molecule has 2 rings (SSSR count). The Morgan fingerprint density at radius 2 is 1.95 bits per heavy atom. The SMILES string of the molecule is CNc1ncc(F)c(Oc2cc(C)ccc2C(C)(C)C)n1. The molecule has 21 heavy (non-hydrogen) atoms. The van der Waals surface area contributed by atoms with Crippen molar-refractivity contribution in [3.05, 3.63) is 41.3 Å². The van der Waals surface area contributed by atoms with E-state index in [1.165, 1.54) is 0 Å². The average molecular weight is 289 g/mol. The molecule has 0 radical (unpaired) electrons. The molecule has 4 nitrogen and oxygen atoms in total. The lowest BCUT2D eigenvalue weighted by atomic mass is 9.86. The lowest BCUT2D eigenvalue weighted by Crippen LogP contribution is -2.13. The molecular weight excluding hydrogens is 269 g/mol. The van der Waals surface area contributed by atoms with Crippen LogP contribution in [0.3, 0.4) is 0 Å². The molecular formula is C16H20FN3O. The number of aromatic nitrogens is 2. The Hall–Kier alpha value is -2.17. The number of anilines is 1. The first kappa shape index (κ1) is 15.2. The Morgan fingerprint density at radius 1 is 1.24 bits per heavy atom. The number of nitrogens with zero attached hydrogens (tertiary/aromatic N) is 2. The Labute approximate surface area is 124 Å². The van der Waals surface area contributed by atoms with Crippen LogP contribution < -0.4 is 10.1 Å².